The van der Waals surface area contributed by atoms with Crippen molar-refractivity contribution in [3.63, 3.8) is 0 Å². The molecule has 0 atom stereocenters. The van der Waals surface area contributed by atoms with Crippen molar-refractivity contribution in [3.8, 4) is 11.4 Å². The molecule has 2 N–H and O–H groups in total. The van der Waals surface area contributed by atoms with Crippen molar-refractivity contribution in [1.82, 2.24) is 9.97 Å². The van der Waals surface area contributed by atoms with Crippen molar-refractivity contribution < 1.29 is 9.72 Å². The first-order valence-corrected chi connectivity index (χ1v) is 9.84. The molecule has 0 unspecified atom stereocenters. The molecule has 0 bridgehead atoms. The number of halogens is 2. The van der Waals surface area contributed by atoms with E-state index in [4.69, 9.17) is 23.2 Å². The van der Waals surface area contributed by atoms with Crippen molar-refractivity contribution in [2.75, 3.05) is 5.32 Å². The summed E-state index contributed by atoms with van der Waals surface area (Å²) in [6, 6.07) is 17.0. The third-order valence-electron chi connectivity index (χ3n) is 4.47. The SMILES string of the molecule is O=C(/C=C/c1ccc(Cl)c([N+](=O)[O-])c1)Nc1ccc(Cl)c(-c2nc3ccccc3[nH]2)c1. The predicted octanol–water partition coefficient (Wildman–Crippen LogP) is 6.10. The van der Waals surface area contributed by atoms with E-state index in [-0.39, 0.29) is 10.7 Å². The normalized spacial score (nSPS) is 11.2. The number of nitro groups is 1. The van der Waals surface area contributed by atoms with E-state index < -0.39 is 10.8 Å². The zero-order chi connectivity index (χ0) is 22.0. The van der Waals surface area contributed by atoms with Gasteiger partial charge in [-0.05, 0) is 48.0 Å². The molecule has 0 fully saturated rings. The number of rotatable bonds is 5. The van der Waals surface area contributed by atoms with Crippen LogP contribution in [0.5, 0.6) is 0 Å². The Kier molecular flexibility index (Phi) is 5.70. The molecule has 0 radical (unpaired) electrons. The molecule has 0 aliphatic heterocycles. The number of amides is 1. The predicted molar refractivity (Wildman–Crippen MR) is 122 cm³/mol. The number of carbonyl (C=O) groups excluding carboxylic acids is 1. The standard InChI is InChI=1S/C22H14Cl2N4O3/c23-16-9-7-14(12-15(16)22-26-18-3-1-2-4-19(18)27-22)25-21(29)10-6-13-5-8-17(24)20(11-13)28(30)31/h1-12H,(H,25,29)(H,26,27)/b10-6+. The smallest absolute Gasteiger partial charge is 0.288 e. The van der Waals surface area contributed by atoms with Crippen LogP contribution in [0.1, 0.15) is 5.56 Å². The van der Waals surface area contributed by atoms with Gasteiger partial charge in [-0.25, -0.2) is 4.98 Å². The maximum atomic E-state index is 12.3. The zero-order valence-electron chi connectivity index (χ0n) is 15.8. The number of imidazole rings is 1. The van der Waals surface area contributed by atoms with E-state index in [0.29, 0.717) is 27.7 Å². The van der Waals surface area contributed by atoms with Crippen LogP contribution >= 0.6 is 23.2 Å². The van der Waals surface area contributed by atoms with Crippen LogP contribution in [0.2, 0.25) is 10.0 Å². The lowest BCUT2D eigenvalue weighted by Gasteiger charge is -2.06. The van der Waals surface area contributed by atoms with E-state index >= 15 is 0 Å². The summed E-state index contributed by atoms with van der Waals surface area (Å²) in [5.74, 6) is 0.182. The second-order valence-corrected chi connectivity index (χ2v) is 7.40. The second kappa shape index (κ2) is 8.59. The van der Waals surface area contributed by atoms with Crippen LogP contribution in [0.15, 0.2) is 66.7 Å². The molecular weight excluding hydrogens is 439 g/mol. The van der Waals surface area contributed by atoms with Crippen LogP contribution in [0.25, 0.3) is 28.5 Å². The number of H-pyrrole nitrogens is 1. The molecule has 4 aromatic rings. The van der Waals surface area contributed by atoms with E-state index in [1.807, 2.05) is 24.3 Å². The van der Waals surface area contributed by atoms with Crippen LogP contribution in [-0.4, -0.2) is 20.8 Å². The van der Waals surface area contributed by atoms with Gasteiger partial charge < -0.3 is 10.3 Å². The highest BCUT2D eigenvalue weighted by Crippen LogP contribution is 2.30. The molecule has 0 saturated carbocycles. The number of fused-ring (bicyclic) bond motifs is 1. The molecule has 3 aromatic carbocycles. The van der Waals surface area contributed by atoms with Gasteiger partial charge in [0.2, 0.25) is 5.91 Å². The Morgan fingerprint density at radius 3 is 2.61 bits per heavy atom. The highest BCUT2D eigenvalue weighted by atomic mass is 35.5. The number of nitrogens with one attached hydrogen (secondary N) is 2. The van der Waals surface area contributed by atoms with Gasteiger partial charge in [0.05, 0.1) is 21.0 Å². The number of hydrogen-bond donors (Lipinski definition) is 2. The molecule has 1 aromatic heterocycles. The van der Waals surface area contributed by atoms with Crippen LogP contribution in [0, 0.1) is 10.1 Å². The first-order valence-electron chi connectivity index (χ1n) is 9.08. The number of carbonyl (C=O) groups is 1. The molecule has 4 rings (SSSR count). The van der Waals surface area contributed by atoms with Crippen molar-refractivity contribution in [3.05, 3.63) is 92.5 Å². The fourth-order valence-corrected chi connectivity index (χ4v) is 3.39. The topological polar surface area (TPSA) is 101 Å². The van der Waals surface area contributed by atoms with Gasteiger partial charge in [0.15, 0.2) is 0 Å². The largest absolute Gasteiger partial charge is 0.338 e. The summed E-state index contributed by atoms with van der Waals surface area (Å²) in [7, 11) is 0. The number of nitro benzene ring substituents is 1. The molecule has 9 heteroatoms. The molecule has 0 aliphatic carbocycles. The molecule has 154 valence electrons. The molecule has 1 heterocycles. The first kappa shape index (κ1) is 20.6. The number of anilines is 1. The highest BCUT2D eigenvalue weighted by Gasteiger charge is 2.13. The summed E-state index contributed by atoms with van der Waals surface area (Å²) in [6.07, 6.45) is 2.75. The Hall–Kier alpha value is -3.68. The van der Waals surface area contributed by atoms with E-state index in [2.05, 4.69) is 15.3 Å². The Labute approximate surface area is 186 Å². The van der Waals surface area contributed by atoms with E-state index in [1.54, 1.807) is 24.3 Å². The summed E-state index contributed by atoms with van der Waals surface area (Å²) in [4.78, 5) is 30.5. The summed E-state index contributed by atoms with van der Waals surface area (Å²) in [5, 5.41) is 14.3. The fourth-order valence-electron chi connectivity index (χ4n) is 2.99. The van der Waals surface area contributed by atoms with Gasteiger partial charge in [0.25, 0.3) is 5.69 Å². The Balaban J connectivity index is 1.54. The molecule has 7 nitrogen and oxygen atoms in total. The van der Waals surface area contributed by atoms with E-state index in [1.165, 1.54) is 24.3 Å². The van der Waals surface area contributed by atoms with Crippen LogP contribution in [0.3, 0.4) is 0 Å². The summed E-state index contributed by atoms with van der Waals surface area (Å²) < 4.78 is 0. The quantitative estimate of drug-likeness (QED) is 0.217. The molecule has 0 spiro atoms. The Morgan fingerprint density at radius 2 is 1.84 bits per heavy atom. The fraction of sp³-hybridized carbons (Fsp3) is 0. The summed E-state index contributed by atoms with van der Waals surface area (Å²) in [6.45, 7) is 0. The van der Waals surface area contributed by atoms with Gasteiger partial charge in [-0.2, -0.15) is 0 Å². The van der Waals surface area contributed by atoms with Crippen molar-refractivity contribution >= 4 is 57.6 Å². The minimum absolute atomic E-state index is 0.0332. The monoisotopic (exact) mass is 452 g/mol. The third kappa shape index (κ3) is 4.58. The van der Waals surface area contributed by atoms with Gasteiger partial charge in [-0.3, -0.25) is 14.9 Å². The molecular formula is C22H14Cl2N4O3. The highest BCUT2D eigenvalue weighted by molar-refractivity contribution is 6.33. The van der Waals surface area contributed by atoms with E-state index in [9.17, 15) is 14.9 Å². The van der Waals surface area contributed by atoms with Crippen LogP contribution in [0.4, 0.5) is 11.4 Å². The lowest BCUT2D eigenvalue weighted by molar-refractivity contribution is -0.384. The maximum Gasteiger partial charge on any atom is 0.288 e. The van der Waals surface area contributed by atoms with E-state index in [0.717, 1.165) is 11.0 Å². The lowest BCUT2D eigenvalue weighted by atomic mass is 10.1. The number of nitrogens with zero attached hydrogens (tertiary/aromatic N) is 2. The van der Waals surface area contributed by atoms with Gasteiger partial charge in [-0.1, -0.05) is 41.4 Å². The number of aromatic nitrogens is 2. The van der Waals surface area contributed by atoms with Crippen LogP contribution < -0.4 is 5.32 Å². The van der Waals surface area contributed by atoms with Crippen LogP contribution in [-0.2, 0) is 4.79 Å². The minimum atomic E-state index is -0.576. The molecule has 1 amide bonds. The first-order chi connectivity index (χ1) is 14.9. The lowest BCUT2D eigenvalue weighted by Crippen LogP contribution is -2.07. The van der Waals surface area contributed by atoms with Gasteiger partial charge >= 0.3 is 0 Å². The molecule has 0 aliphatic rings. The molecule has 0 saturated heterocycles. The maximum absolute atomic E-state index is 12.3. The zero-order valence-corrected chi connectivity index (χ0v) is 17.3. The van der Waals surface area contributed by atoms with Crippen molar-refractivity contribution in [2.45, 2.75) is 0 Å². The second-order valence-electron chi connectivity index (χ2n) is 6.59. The average molecular weight is 453 g/mol. The van der Waals surface area contributed by atoms with Gasteiger partial charge in [0.1, 0.15) is 10.8 Å². The number of para-hydroxylation sites is 2. The Morgan fingerprint density at radius 1 is 1.06 bits per heavy atom. The number of hydrogen-bond acceptors (Lipinski definition) is 4. The number of aromatic amines is 1. The van der Waals surface area contributed by atoms with Crippen molar-refractivity contribution in [2.24, 2.45) is 0 Å². The summed E-state index contributed by atoms with van der Waals surface area (Å²) in [5.41, 5.74) is 3.11. The molecule has 31 heavy (non-hydrogen) atoms. The van der Waals surface area contributed by atoms with Gasteiger partial charge in [0, 0.05) is 23.4 Å². The van der Waals surface area contributed by atoms with Crippen molar-refractivity contribution in [1.29, 1.82) is 0 Å². The summed E-state index contributed by atoms with van der Waals surface area (Å²) >= 11 is 12.1. The number of benzene rings is 3. The third-order valence-corrected chi connectivity index (χ3v) is 5.12. The average Bonchev–Trinajstić information content (AvgIpc) is 3.18. The van der Waals surface area contributed by atoms with Gasteiger partial charge in [-0.15, -0.1) is 0 Å². The minimum Gasteiger partial charge on any atom is -0.338 e. The Bertz CT molecular complexity index is 1310.